The molecular formula is C14H28N2O3. The summed E-state index contributed by atoms with van der Waals surface area (Å²) in [6, 6.07) is -0.0771. The van der Waals surface area contributed by atoms with E-state index in [-0.39, 0.29) is 18.6 Å². The molecule has 5 heteroatoms. The van der Waals surface area contributed by atoms with Crippen LogP contribution in [0.1, 0.15) is 33.1 Å². The Hall–Kier alpha value is -0.650. The number of aliphatic hydroxyl groups excluding tert-OH is 1. The maximum atomic E-state index is 12.0. The van der Waals surface area contributed by atoms with Crippen molar-refractivity contribution in [2.24, 2.45) is 5.92 Å². The number of piperidine rings is 1. The Labute approximate surface area is 116 Å². The average molecular weight is 272 g/mol. The largest absolute Gasteiger partial charge is 0.396 e. The molecule has 0 bridgehead atoms. The van der Waals surface area contributed by atoms with E-state index in [1.54, 1.807) is 0 Å². The minimum atomic E-state index is -0.0771. The van der Waals surface area contributed by atoms with Crippen LogP contribution >= 0.6 is 0 Å². The number of ether oxygens (including phenoxy) is 1. The zero-order chi connectivity index (χ0) is 14.1. The van der Waals surface area contributed by atoms with Crippen molar-refractivity contribution >= 4 is 5.91 Å². The molecule has 1 atom stereocenters. The van der Waals surface area contributed by atoms with Gasteiger partial charge < -0.3 is 15.2 Å². The van der Waals surface area contributed by atoms with E-state index >= 15 is 0 Å². The van der Waals surface area contributed by atoms with Gasteiger partial charge >= 0.3 is 0 Å². The lowest BCUT2D eigenvalue weighted by molar-refractivity contribution is -0.126. The molecule has 19 heavy (non-hydrogen) atoms. The van der Waals surface area contributed by atoms with Crippen LogP contribution in [0.5, 0.6) is 0 Å². The van der Waals surface area contributed by atoms with Gasteiger partial charge in [0.1, 0.15) is 0 Å². The number of likely N-dealkylation sites (tertiary alicyclic amines) is 1. The summed E-state index contributed by atoms with van der Waals surface area (Å²) in [5.41, 5.74) is 0. The molecule has 0 aromatic carbocycles. The minimum absolute atomic E-state index is 0.0771. The summed E-state index contributed by atoms with van der Waals surface area (Å²) in [4.78, 5) is 14.2. The van der Waals surface area contributed by atoms with Crippen LogP contribution in [-0.4, -0.2) is 61.4 Å². The normalized spacial score (nSPS) is 19.3. The first-order valence-electron chi connectivity index (χ1n) is 7.39. The Balaban J connectivity index is 2.17. The molecule has 1 amide bonds. The van der Waals surface area contributed by atoms with Crippen molar-refractivity contribution in [3.05, 3.63) is 0 Å². The molecule has 2 N–H and O–H groups in total. The SMILES string of the molecule is CCOCCCNC(=O)C(C)N1CCC(CO)CC1. The fraction of sp³-hybridized carbons (Fsp3) is 0.929. The minimum Gasteiger partial charge on any atom is -0.396 e. The first-order chi connectivity index (χ1) is 9.19. The molecule has 1 aliphatic heterocycles. The Kier molecular flexibility index (Phi) is 8.02. The summed E-state index contributed by atoms with van der Waals surface area (Å²) >= 11 is 0. The lowest BCUT2D eigenvalue weighted by Crippen LogP contribution is -2.48. The Morgan fingerprint density at radius 3 is 2.74 bits per heavy atom. The molecule has 0 saturated carbocycles. The number of nitrogens with zero attached hydrogens (tertiary/aromatic N) is 1. The third kappa shape index (κ3) is 5.89. The second-order valence-electron chi connectivity index (χ2n) is 5.18. The molecule has 0 aliphatic carbocycles. The number of hydrogen-bond acceptors (Lipinski definition) is 4. The van der Waals surface area contributed by atoms with Crippen LogP contribution < -0.4 is 5.32 Å². The van der Waals surface area contributed by atoms with Gasteiger partial charge in [-0.15, -0.1) is 0 Å². The molecule has 1 aliphatic rings. The van der Waals surface area contributed by atoms with E-state index in [0.717, 1.165) is 39.0 Å². The van der Waals surface area contributed by atoms with E-state index in [2.05, 4.69) is 10.2 Å². The molecule has 1 fully saturated rings. The summed E-state index contributed by atoms with van der Waals surface area (Å²) < 4.78 is 5.23. The van der Waals surface area contributed by atoms with Crippen LogP contribution in [0.15, 0.2) is 0 Å². The van der Waals surface area contributed by atoms with E-state index < -0.39 is 0 Å². The molecule has 112 valence electrons. The van der Waals surface area contributed by atoms with Gasteiger partial charge in [-0.2, -0.15) is 0 Å². The van der Waals surface area contributed by atoms with Crippen LogP contribution in [0, 0.1) is 5.92 Å². The van der Waals surface area contributed by atoms with Gasteiger partial charge in [-0.25, -0.2) is 0 Å². The van der Waals surface area contributed by atoms with Crippen molar-refractivity contribution in [2.75, 3.05) is 39.5 Å². The van der Waals surface area contributed by atoms with Gasteiger partial charge in [-0.05, 0) is 52.1 Å². The van der Waals surface area contributed by atoms with Crippen LogP contribution in [0.3, 0.4) is 0 Å². The summed E-state index contributed by atoms with van der Waals surface area (Å²) in [6.45, 7) is 8.10. The predicted molar refractivity (Wildman–Crippen MR) is 75.0 cm³/mol. The van der Waals surface area contributed by atoms with Gasteiger partial charge in [-0.3, -0.25) is 9.69 Å². The van der Waals surface area contributed by atoms with Crippen LogP contribution in [0.2, 0.25) is 0 Å². The second kappa shape index (κ2) is 9.28. The Bertz CT molecular complexity index is 253. The standard InChI is InChI=1S/C14H28N2O3/c1-3-19-10-4-7-15-14(18)12(2)16-8-5-13(11-17)6-9-16/h12-13,17H,3-11H2,1-2H3,(H,15,18). The predicted octanol–water partition coefficient (Wildman–Crippen LogP) is 0.622. The summed E-state index contributed by atoms with van der Waals surface area (Å²) in [5.74, 6) is 0.511. The van der Waals surface area contributed by atoms with Crippen LogP contribution in [-0.2, 0) is 9.53 Å². The average Bonchev–Trinajstić information content (AvgIpc) is 2.46. The molecule has 0 radical (unpaired) electrons. The number of nitrogens with one attached hydrogen (secondary N) is 1. The van der Waals surface area contributed by atoms with Crippen LogP contribution in [0.4, 0.5) is 0 Å². The van der Waals surface area contributed by atoms with Crippen molar-refractivity contribution < 1.29 is 14.6 Å². The van der Waals surface area contributed by atoms with Gasteiger partial charge in [0.05, 0.1) is 6.04 Å². The summed E-state index contributed by atoms with van der Waals surface area (Å²) in [6.07, 6.45) is 2.83. The molecule has 5 nitrogen and oxygen atoms in total. The van der Waals surface area contributed by atoms with E-state index in [4.69, 9.17) is 9.84 Å². The first-order valence-corrected chi connectivity index (χ1v) is 7.39. The number of carbonyl (C=O) groups is 1. The number of hydrogen-bond donors (Lipinski definition) is 2. The van der Waals surface area contributed by atoms with Gasteiger partial charge in [-0.1, -0.05) is 0 Å². The topological polar surface area (TPSA) is 61.8 Å². The maximum absolute atomic E-state index is 12.0. The fourth-order valence-electron chi connectivity index (χ4n) is 2.37. The second-order valence-corrected chi connectivity index (χ2v) is 5.18. The molecule has 0 aromatic heterocycles. The Morgan fingerprint density at radius 2 is 2.16 bits per heavy atom. The van der Waals surface area contributed by atoms with Gasteiger partial charge in [0, 0.05) is 26.4 Å². The van der Waals surface area contributed by atoms with E-state index in [1.165, 1.54) is 0 Å². The number of rotatable bonds is 8. The van der Waals surface area contributed by atoms with Crippen molar-refractivity contribution in [2.45, 2.75) is 39.2 Å². The van der Waals surface area contributed by atoms with Crippen molar-refractivity contribution in [3.63, 3.8) is 0 Å². The highest BCUT2D eigenvalue weighted by atomic mass is 16.5. The van der Waals surface area contributed by atoms with E-state index in [1.807, 2.05) is 13.8 Å². The molecule has 1 unspecified atom stereocenters. The van der Waals surface area contributed by atoms with Gasteiger partial charge in [0.15, 0.2) is 0 Å². The highest BCUT2D eigenvalue weighted by Crippen LogP contribution is 2.18. The van der Waals surface area contributed by atoms with Gasteiger partial charge in [0.2, 0.25) is 5.91 Å². The maximum Gasteiger partial charge on any atom is 0.237 e. The summed E-state index contributed by atoms with van der Waals surface area (Å²) in [5, 5.41) is 12.1. The van der Waals surface area contributed by atoms with E-state index in [9.17, 15) is 4.79 Å². The molecule has 1 rings (SSSR count). The molecule has 1 heterocycles. The third-order valence-electron chi connectivity index (χ3n) is 3.80. The third-order valence-corrected chi connectivity index (χ3v) is 3.80. The zero-order valence-corrected chi connectivity index (χ0v) is 12.2. The van der Waals surface area contributed by atoms with E-state index in [0.29, 0.717) is 19.1 Å². The summed E-state index contributed by atoms with van der Waals surface area (Å²) in [7, 11) is 0. The first kappa shape index (κ1) is 16.4. The van der Waals surface area contributed by atoms with Crippen molar-refractivity contribution in [3.8, 4) is 0 Å². The highest BCUT2D eigenvalue weighted by Gasteiger charge is 2.25. The fourth-order valence-corrected chi connectivity index (χ4v) is 2.37. The smallest absolute Gasteiger partial charge is 0.237 e. The van der Waals surface area contributed by atoms with Gasteiger partial charge in [0.25, 0.3) is 0 Å². The van der Waals surface area contributed by atoms with Crippen molar-refractivity contribution in [1.29, 1.82) is 0 Å². The zero-order valence-electron chi connectivity index (χ0n) is 12.2. The number of aliphatic hydroxyl groups is 1. The number of carbonyl (C=O) groups excluding carboxylic acids is 1. The lowest BCUT2D eigenvalue weighted by atomic mass is 9.97. The molecule has 0 aromatic rings. The van der Waals surface area contributed by atoms with Crippen LogP contribution in [0.25, 0.3) is 0 Å². The molecular weight excluding hydrogens is 244 g/mol. The number of amides is 1. The molecule has 0 spiro atoms. The lowest BCUT2D eigenvalue weighted by Gasteiger charge is -2.34. The monoisotopic (exact) mass is 272 g/mol. The quantitative estimate of drug-likeness (QED) is 0.636. The highest BCUT2D eigenvalue weighted by molar-refractivity contribution is 5.81. The van der Waals surface area contributed by atoms with Crippen molar-refractivity contribution in [1.82, 2.24) is 10.2 Å². The molecule has 1 saturated heterocycles. The Morgan fingerprint density at radius 1 is 1.47 bits per heavy atom.